The number of benzene rings is 2. The molecule has 0 spiro atoms. The Morgan fingerprint density at radius 1 is 1.05 bits per heavy atom. The van der Waals surface area contributed by atoms with E-state index >= 15 is 0 Å². The fourth-order valence-corrected chi connectivity index (χ4v) is 5.23. The molecular weight excluding hydrogens is 510 g/mol. The summed E-state index contributed by atoms with van der Waals surface area (Å²) in [5, 5.41) is 7.01. The number of amides is 1. The molecule has 3 heterocycles. The number of nitrogens with one attached hydrogen (secondary N) is 2. The number of nitrogens with zero attached hydrogens (tertiary/aromatic N) is 3. The highest BCUT2D eigenvalue weighted by molar-refractivity contribution is 7.80. The Morgan fingerprint density at radius 2 is 1.90 bits per heavy atom. The van der Waals surface area contributed by atoms with E-state index in [9.17, 15) is 9.59 Å². The normalized spacial score (nSPS) is 16.6. The van der Waals surface area contributed by atoms with Gasteiger partial charge in [-0.1, -0.05) is 19.1 Å². The zero-order chi connectivity index (χ0) is 27.5. The molecule has 1 amide bonds. The van der Waals surface area contributed by atoms with Crippen LogP contribution in [0, 0.1) is 6.92 Å². The molecule has 1 fully saturated rings. The lowest BCUT2D eigenvalue weighted by Crippen LogP contribution is -2.30. The smallest absolute Gasteiger partial charge is 0.337 e. The fourth-order valence-electron chi connectivity index (χ4n) is 4.88. The van der Waals surface area contributed by atoms with E-state index in [-0.39, 0.29) is 18.0 Å². The zero-order valence-electron chi connectivity index (χ0n) is 21.9. The molecule has 0 bridgehead atoms. The van der Waals surface area contributed by atoms with Gasteiger partial charge in [-0.3, -0.25) is 9.78 Å². The van der Waals surface area contributed by atoms with E-state index < -0.39 is 5.97 Å². The van der Waals surface area contributed by atoms with E-state index in [4.69, 9.17) is 17.0 Å². The van der Waals surface area contributed by atoms with Crippen LogP contribution in [0.2, 0.25) is 0 Å². The number of esters is 1. The fraction of sp³-hybridized carbons (Fsp3) is 0.200. The topological polar surface area (TPSA) is 88.5 Å². The van der Waals surface area contributed by atoms with Crippen molar-refractivity contribution in [1.82, 2.24) is 14.9 Å². The number of carbonyl (C=O) groups is 2. The van der Waals surface area contributed by atoms with Crippen molar-refractivity contribution in [3.05, 3.63) is 108 Å². The first-order chi connectivity index (χ1) is 18.9. The van der Waals surface area contributed by atoms with E-state index in [2.05, 4.69) is 31.2 Å². The first-order valence-electron chi connectivity index (χ1n) is 12.7. The minimum atomic E-state index is -0.395. The quantitative estimate of drug-likeness (QED) is 0.237. The Bertz CT molecular complexity index is 1530. The first kappa shape index (κ1) is 26.1. The maximum atomic E-state index is 12.2. The van der Waals surface area contributed by atoms with Crippen LogP contribution in [0.5, 0.6) is 0 Å². The molecule has 8 nitrogen and oxygen atoms in total. The maximum Gasteiger partial charge on any atom is 0.337 e. The van der Waals surface area contributed by atoms with Gasteiger partial charge in [0.25, 0.3) is 0 Å². The predicted molar refractivity (Wildman–Crippen MR) is 155 cm³/mol. The van der Waals surface area contributed by atoms with Gasteiger partial charge in [-0.05, 0) is 85.4 Å². The predicted octanol–water partition coefficient (Wildman–Crippen LogP) is 5.49. The molecule has 1 aliphatic heterocycles. The SMILES string of the molecule is CCC(=O)Nc1ccc(N2C(=S)N[C@@H](c3ccccn3)[C@@H]2c2cccn2-c2cccc(C(=O)OC)c2)cc1C. The van der Waals surface area contributed by atoms with E-state index in [0.717, 1.165) is 34.0 Å². The maximum absolute atomic E-state index is 12.2. The number of hydrogen-bond donors (Lipinski definition) is 2. The molecule has 2 atom stereocenters. The van der Waals surface area contributed by atoms with Gasteiger partial charge < -0.3 is 24.8 Å². The molecule has 198 valence electrons. The van der Waals surface area contributed by atoms with Crippen LogP contribution in [-0.4, -0.2) is 33.6 Å². The van der Waals surface area contributed by atoms with Crippen LogP contribution in [0.3, 0.4) is 0 Å². The molecule has 39 heavy (non-hydrogen) atoms. The average molecular weight is 540 g/mol. The Hall–Kier alpha value is -4.50. The molecule has 1 saturated heterocycles. The third kappa shape index (κ3) is 5.13. The van der Waals surface area contributed by atoms with Crippen LogP contribution in [0.15, 0.2) is 85.2 Å². The van der Waals surface area contributed by atoms with Gasteiger partial charge in [0, 0.05) is 41.6 Å². The first-order valence-corrected chi connectivity index (χ1v) is 13.1. The van der Waals surface area contributed by atoms with Gasteiger partial charge in [0.2, 0.25) is 5.91 Å². The summed E-state index contributed by atoms with van der Waals surface area (Å²) in [6.45, 7) is 3.79. The van der Waals surface area contributed by atoms with Crippen LogP contribution in [0.4, 0.5) is 11.4 Å². The van der Waals surface area contributed by atoms with E-state index in [1.165, 1.54) is 7.11 Å². The van der Waals surface area contributed by atoms with E-state index in [1.807, 2.05) is 80.7 Å². The lowest BCUT2D eigenvalue weighted by Gasteiger charge is -2.29. The largest absolute Gasteiger partial charge is 0.465 e. The minimum Gasteiger partial charge on any atom is -0.465 e. The van der Waals surface area contributed by atoms with Crippen molar-refractivity contribution in [3.63, 3.8) is 0 Å². The van der Waals surface area contributed by atoms with Crippen LogP contribution in [0.25, 0.3) is 5.69 Å². The summed E-state index contributed by atoms with van der Waals surface area (Å²) in [6.07, 6.45) is 4.15. The third-order valence-corrected chi connectivity index (χ3v) is 7.12. The Morgan fingerprint density at radius 3 is 2.62 bits per heavy atom. The monoisotopic (exact) mass is 539 g/mol. The van der Waals surface area contributed by atoms with Crippen molar-refractivity contribution >= 4 is 40.6 Å². The van der Waals surface area contributed by atoms with Gasteiger partial charge in [-0.25, -0.2) is 4.79 Å². The highest BCUT2D eigenvalue weighted by Gasteiger charge is 2.42. The highest BCUT2D eigenvalue weighted by Crippen LogP contribution is 2.43. The van der Waals surface area contributed by atoms with Gasteiger partial charge in [-0.15, -0.1) is 0 Å². The van der Waals surface area contributed by atoms with Crippen molar-refractivity contribution in [2.45, 2.75) is 32.4 Å². The van der Waals surface area contributed by atoms with Crippen molar-refractivity contribution in [2.24, 2.45) is 0 Å². The van der Waals surface area contributed by atoms with Crippen molar-refractivity contribution in [2.75, 3.05) is 17.3 Å². The second kappa shape index (κ2) is 11.1. The third-order valence-electron chi connectivity index (χ3n) is 6.81. The molecule has 2 N–H and O–H groups in total. The van der Waals surface area contributed by atoms with E-state index in [0.29, 0.717) is 17.1 Å². The standard InChI is InChI=1S/C30H29N5O3S/c1-4-26(36)32-23-14-13-22(17-19(23)2)35-28(27(33-30(35)39)24-11-5-6-15-31-24)25-12-8-16-34(25)21-10-7-9-20(18-21)29(37)38-3/h5-18,27-28H,4H2,1-3H3,(H,32,36)(H,33,39)/t27-,28-/m0/s1. The van der Waals surface area contributed by atoms with Gasteiger partial charge in [-0.2, -0.15) is 0 Å². The number of methoxy groups -OCH3 is 1. The molecule has 2 aromatic heterocycles. The molecule has 0 unspecified atom stereocenters. The van der Waals surface area contributed by atoms with Crippen LogP contribution in [-0.2, 0) is 9.53 Å². The summed E-state index contributed by atoms with van der Waals surface area (Å²) in [5.74, 6) is -0.433. The molecule has 0 saturated carbocycles. The molecule has 2 aromatic carbocycles. The van der Waals surface area contributed by atoms with Gasteiger partial charge >= 0.3 is 5.97 Å². The summed E-state index contributed by atoms with van der Waals surface area (Å²) < 4.78 is 6.99. The second-order valence-corrected chi connectivity index (χ2v) is 9.63. The molecule has 0 radical (unpaired) electrons. The Balaban J connectivity index is 1.61. The molecule has 4 aromatic rings. The Kier molecular flexibility index (Phi) is 7.42. The zero-order valence-corrected chi connectivity index (χ0v) is 22.7. The van der Waals surface area contributed by atoms with Gasteiger partial charge in [0.05, 0.1) is 24.4 Å². The van der Waals surface area contributed by atoms with Gasteiger partial charge in [0.15, 0.2) is 5.11 Å². The Labute approximate surface area is 232 Å². The van der Waals surface area contributed by atoms with Crippen molar-refractivity contribution in [1.29, 1.82) is 0 Å². The van der Waals surface area contributed by atoms with Crippen LogP contribution in [0.1, 0.15) is 52.7 Å². The summed E-state index contributed by atoms with van der Waals surface area (Å²) in [6, 6.07) is 22.6. The number of pyridine rings is 1. The molecule has 1 aliphatic rings. The van der Waals surface area contributed by atoms with Crippen LogP contribution < -0.4 is 15.5 Å². The van der Waals surface area contributed by atoms with Crippen LogP contribution >= 0.6 is 12.2 Å². The average Bonchev–Trinajstić information content (AvgIpc) is 3.58. The lowest BCUT2D eigenvalue weighted by atomic mass is 10.00. The summed E-state index contributed by atoms with van der Waals surface area (Å²) in [4.78, 5) is 31.0. The molecule has 9 heteroatoms. The minimum absolute atomic E-state index is 0.0377. The number of ether oxygens (including phenoxy) is 1. The molecular formula is C30H29N5O3S. The van der Waals surface area contributed by atoms with Crippen molar-refractivity contribution in [3.8, 4) is 5.69 Å². The summed E-state index contributed by atoms with van der Waals surface area (Å²) >= 11 is 5.89. The number of hydrogen-bond acceptors (Lipinski definition) is 5. The number of rotatable bonds is 7. The molecule has 0 aliphatic carbocycles. The summed E-state index contributed by atoms with van der Waals surface area (Å²) in [7, 11) is 1.37. The number of aromatic nitrogens is 2. The highest BCUT2D eigenvalue weighted by atomic mass is 32.1. The summed E-state index contributed by atoms with van der Waals surface area (Å²) in [5.41, 5.74) is 5.69. The number of aryl methyl sites for hydroxylation is 1. The number of carbonyl (C=O) groups excluding carboxylic acids is 2. The molecule has 5 rings (SSSR count). The van der Waals surface area contributed by atoms with Crippen molar-refractivity contribution < 1.29 is 14.3 Å². The number of anilines is 2. The second-order valence-electron chi connectivity index (χ2n) is 9.24. The lowest BCUT2D eigenvalue weighted by molar-refractivity contribution is -0.115. The van der Waals surface area contributed by atoms with E-state index in [1.54, 1.807) is 12.3 Å². The number of thiocarbonyl (C=S) groups is 1. The van der Waals surface area contributed by atoms with Gasteiger partial charge in [0.1, 0.15) is 6.04 Å².